The van der Waals surface area contributed by atoms with Gasteiger partial charge >= 0.3 is 5.97 Å². The Morgan fingerprint density at radius 1 is 1.30 bits per heavy atom. The highest BCUT2D eigenvalue weighted by Gasteiger charge is 2.26. The van der Waals surface area contributed by atoms with Gasteiger partial charge in [0.25, 0.3) is 0 Å². The summed E-state index contributed by atoms with van der Waals surface area (Å²) in [6.45, 7) is 7.55. The van der Waals surface area contributed by atoms with Gasteiger partial charge in [-0.1, -0.05) is 13.3 Å². The van der Waals surface area contributed by atoms with Crippen molar-refractivity contribution in [2.45, 2.75) is 45.4 Å². The van der Waals surface area contributed by atoms with Crippen molar-refractivity contribution in [3.63, 3.8) is 0 Å². The maximum absolute atomic E-state index is 12.3. The second-order valence-corrected chi connectivity index (χ2v) is 6.25. The predicted molar refractivity (Wildman–Crippen MR) is 76.3 cm³/mol. The smallest absolute Gasteiger partial charge is 0.355 e. The number of carbonyl (C=O) groups excluding carboxylic acids is 1. The van der Waals surface area contributed by atoms with Gasteiger partial charge in [0.05, 0.1) is 6.61 Å². The van der Waals surface area contributed by atoms with Crippen molar-refractivity contribution < 1.29 is 17.9 Å². The van der Waals surface area contributed by atoms with Gasteiger partial charge in [-0.15, -0.1) is 0 Å². The maximum Gasteiger partial charge on any atom is 0.355 e. The fraction of sp³-hybridized carbons (Fsp3) is 0.615. The Balaban J connectivity index is 3.10. The standard InChI is InChI=1S/C13H22N2O4S/c1-5-7-8-14-20(17,18)12-9(3)11(15-10(12)4)13(16)19-6-2/h14-15H,5-8H2,1-4H3. The first-order valence-corrected chi connectivity index (χ1v) is 8.19. The fourth-order valence-electron chi connectivity index (χ4n) is 2.00. The summed E-state index contributed by atoms with van der Waals surface area (Å²) in [7, 11) is -3.61. The van der Waals surface area contributed by atoms with Crippen molar-refractivity contribution in [3.05, 3.63) is 17.0 Å². The molecule has 0 saturated heterocycles. The summed E-state index contributed by atoms with van der Waals surface area (Å²) >= 11 is 0. The van der Waals surface area contributed by atoms with E-state index >= 15 is 0 Å². The van der Waals surface area contributed by atoms with E-state index in [0.717, 1.165) is 12.8 Å². The molecule has 0 saturated carbocycles. The zero-order valence-electron chi connectivity index (χ0n) is 12.4. The SMILES string of the molecule is CCCCNS(=O)(=O)c1c(C)[nH]c(C(=O)OCC)c1C. The van der Waals surface area contributed by atoms with Gasteiger partial charge in [0.2, 0.25) is 10.0 Å². The minimum atomic E-state index is -3.61. The van der Waals surface area contributed by atoms with Crippen LogP contribution in [0.2, 0.25) is 0 Å². The average Bonchev–Trinajstić information content (AvgIpc) is 2.66. The number of carbonyl (C=O) groups is 1. The van der Waals surface area contributed by atoms with Crippen LogP contribution in [0, 0.1) is 13.8 Å². The molecule has 0 aromatic carbocycles. The molecule has 0 aliphatic heterocycles. The van der Waals surface area contributed by atoms with Crippen LogP contribution in [0.1, 0.15) is 48.4 Å². The highest BCUT2D eigenvalue weighted by atomic mass is 32.2. The molecular weight excluding hydrogens is 280 g/mol. The zero-order valence-corrected chi connectivity index (χ0v) is 13.2. The van der Waals surface area contributed by atoms with E-state index < -0.39 is 16.0 Å². The molecule has 0 spiro atoms. The highest BCUT2D eigenvalue weighted by molar-refractivity contribution is 7.89. The van der Waals surface area contributed by atoms with Gasteiger partial charge in [-0.05, 0) is 27.2 Å². The molecule has 2 N–H and O–H groups in total. The number of hydrogen-bond donors (Lipinski definition) is 2. The van der Waals surface area contributed by atoms with Crippen molar-refractivity contribution >= 4 is 16.0 Å². The van der Waals surface area contributed by atoms with Crippen LogP contribution in [0.3, 0.4) is 0 Å². The number of sulfonamides is 1. The molecule has 1 heterocycles. The number of ether oxygens (including phenoxy) is 1. The molecular formula is C13H22N2O4S. The summed E-state index contributed by atoms with van der Waals surface area (Å²) in [6.07, 6.45) is 1.67. The zero-order chi connectivity index (χ0) is 15.3. The molecule has 7 heteroatoms. The molecule has 0 atom stereocenters. The fourth-order valence-corrected chi connectivity index (χ4v) is 3.52. The van der Waals surface area contributed by atoms with Crippen molar-refractivity contribution in [1.29, 1.82) is 0 Å². The van der Waals surface area contributed by atoms with Crippen LogP contribution in [0.25, 0.3) is 0 Å². The Labute approximate surface area is 120 Å². The third-order valence-electron chi connectivity index (χ3n) is 2.94. The first-order chi connectivity index (χ1) is 9.35. The summed E-state index contributed by atoms with van der Waals surface area (Å²) in [5.74, 6) is -0.539. The van der Waals surface area contributed by atoms with Crippen LogP contribution >= 0.6 is 0 Å². The Morgan fingerprint density at radius 2 is 1.95 bits per heavy atom. The number of aromatic amines is 1. The van der Waals surface area contributed by atoms with Crippen molar-refractivity contribution in [2.24, 2.45) is 0 Å². The minimum Gasteiger partial charge on any atom is -0.461 e. The molecule has 1 aromatic heterocycles. The Morgan fingerprint density at radius 3 is 2.50 bits per heavy atom. The number of unbranched alkanes of at least 4 members (excludes halogenated alkanes) is 1. The van der Waals surface area contributed by atoms with E-state index in [1.807, 2.05) is 6.92 Å². The van der Waals surface area contributed by atoms with Gasteiger partial charge in [-0.2, -0.15) is 0 Å². The van der Waals surface area contributed by atoms with E-state index in [0.29, 0.717) is 17.8 Å². The molecule has 0 unspecified atom stereocenters. The molecule has 1 rings (SSSR count). The number of aromatic nitrogens is 1. The average molecular weight is 302 g/mol. The Kier molecular flexibility index (Phi) is 5.76. The van der Waals surface area contributed by atoms with Crippen LogP contribution in [0.5, 0.6) is 0 Å². The minimum absolute atomic E-state index is 0.136. The highest BCUT2D eigenvalue weighted by Crippen LogP contribution is 2.23. The molecule has 0 bridgehead atoms. The van der Waals surface area contributed by atoms with E-state index in [-0.39, 0.29) is 17.2 Å². The lowest BCUT2D eigenvalue weighted by molar-refractivity contribution is 0.0519. The molecule has 6 nitrogen and oxygen atoms in total. The molecule has 0 amide bonds. The molecule has 20 heavy (non-hydrogen) atoms. The quantitative estimate of drug-likeness (QED) is 0.594. The van der Waals surface area contributed by atoms with Gasteiger partial charge in [-0.25, -0.2) is 17.9 Å². The third kappa shape index (κ3) is 3.61. The molecule has 114 valence electrons. The summed E-state index contributed by atoms with van der Waals surface area (Å²) in [6, 6.07) is 0. The molecule has 0 aliphatic rings. The van der Waals surface area contributed by atoms with E-state index in [4.69, 9.17) is 4.74 Å². The van der Waals surface area contributed by atoms with E-state index in [2.05, 4.69) is 9.71 Å². The normalized spacial score (nSPS) is 11.6. The van der Waals surface area contributed by atoms with Gasteiger partial charge in [0.15, 0.2) is 0 Å². The second kappa shape index (κ2) is 6.90. The monoisotopic (exact) mass is 302 g/mol. The molecule has 0 radical (unpaired) electrons. The van der Waals surface area contributed by atoms with Crippen molar-refractivity contribution in [1.82, 2.24) is 9.71 Å². The summed E-state index contributed by atoms with van der Waals surface area (Å²) in [5.41, 5.74) is 1.03. The molecule has 1 aromatic rings. The molecule has 0 fully saturated rings. The van der Waals surface area contributed by atoms with Gasteiger partial charge in [0, 0.05) is 17.8 Å². The largest absolute Gasteiger partial charge is 0.461 e. The number of hydrogen-bond acceptors (Lipinski definition) is 4. The van der Waals surface area contributed by atoms with Crippen LogP contribution in [-0.4, -0.2) is 32.5 Å². The topological polar surface area (TPSA) is 88.3 Å². The van der Waals surface area contributed by atoms with Crippen LogP contribution < -0.4 is 4.72 Å². The van der Waals surface area contributed by atoms with Crippen LogP contribution in [-0.2, 0) is 14.8 Å². The summed E-state index contributed by atoms with van der Waals surface area (Å²) in [4.78, 5) is 14.7. The first-order valence-electron chi connectivity index (χ1n) is 6.71. The lowest BCUT2D eigenvalue weighted by atomic mass is 10.2. The second-order valence-electron chi connectivity index (χ2n) is 4.55. The van der Waals surface area contributed by atoms with Crippen molar-refractivity contribution in [2.75, 3.05) is 13.2 Å². The summed E-state index contributed by atoms with van der Waals surface area (Å²) < 4.78 is 32.0. The number of rotatable bonds is 7. The van der Waals surface area contributed by atoms with Crippen molar-refractivity contribution in [3.8, 4) is 0 Å². The van der Waals surface area contributed by atoms with Gasteiger partial charge in [0.1, 0.15) is 10.6 Å². The Hall–Kier alpha value is -1.34. The molecule has 0 aliphatic carbocycles. The van der Waals surface area contributed by atoms with Crippen LogP contribution in [0.4, 0.5) is 0 Å². The first kappa shape index (κ1) is 16.7. The number of aryl methyl sites for hydroxylation is 1. The Bertz CT molecular complexity index is 575. The van der Waals surface area contributed by atoms with E-state index in [1.165, 1.54) is 0 Å². The maximum atomic E-state index is 12.3. The predicted octanol–water partition coefficient (Wildman–Crippen LogP) is 1.89. The van der Waals surface area contributed by atoms with Crippen LogP contribution in [0.15, 0.2) is 4.90 Å². The van der Waals surface area contributed by atoms with Gasteiger partial charge in [-0.3, -0.25) is 0 Å². The summed E-state index contributed by atoms with van der Waals surface area (Å²) in [5, 5.41) is 0. The third-order valence-corrected chi connectivity index (χ3v) is 4.67. The number of H-pyrrole nitrogens is 1. The number of esters is 1. The number of nitrogens with one attached hydrogen (secondary N) is 2. The van der Waals surface area contributed by atoms with E-state index in [1.54, 1.807) is 20.8 Å². The van der Waals surface area contributed by atoms with Gasteiger partial charge < -0.3 is 9.72 Å². The lowest BCUT2D eigenvalue weighted by Gasteiger charge is -2.07. The van der Waals surface area contributed by atoms with E-state index in [9.17, 15) is 13.2 Å². The lowest BCUT2D eigenvalue weighted by Crippen LogP contribution is -2.25.